The number of nitrogens with zero attached hydrogens (tertiary/aromatic N) is 1. The zero-order chi connectivity index (χ0) is 16.8. The molecule has 124 valence electrons. The average Bonchev–Trinajstić information content (AvgIpc) is 2.54. The topological polar surface area (TPSA) is 87.7 Å². The van der Waals surface area contributed by atoms with Gasteiger partial charge in [-0.15, -0.1) is 0 Å². The molecule has 1 aliphatic rings. The number of likely N-dealkylation sites (tertiary alicyclic amines) is 1. The second kappa shape index (κ2) is 7.62. The summed E-state index contributed by atoms with van der Waals surface area (Å²) in [6.07, 6.45) is 0.927. The Hall–Kier alpha value is -2.57. The number of anilines is 1. The zero-order valence-electron chi connectivity index (χ0n) is 13.3. The Bertz CT molecular complexity index is 595. The molecule has 1 heterocycles. The van der Waals surface area contributed by atoms with Gasteiger partial charge in [0, 0.05) is 37.3 Å². The third kappa shape index (κ3) is 4.70. The monoisotopic (exact) mass is 319 g/mol. The molecule has 0 spiro atoms. The molecule has 0 unspecified atom stereocenters. The minimum Gasteiger partial charge on any atom is -0.453 e. The Morgan fingerprint density at radius 3 is 2.52 bits per heavy atom. The maximum absolute atomic E-state index is 12.5. The van der Waals surface area contributed by atoms with Gasteiger partial charge in [0.05, 0.1) is 7.11 Å². The van der Waals surface area contributed by atoms with Crippen molar-refractivity contribution in [3.05, 3.63) is 29.8 Å². The Morgan fingerprint density at radius 2 is 1.91 bits per heavy atom. The number of hydrogen-bond acceptors (Lipinski definition) is 4. The van der Waals surface area contributed by atoms with Crippen molar-refractivity contribution >= 4 is 23.6 Å². The normalized spacial score (nSPS) is 15.0. The lowest BCUT2D eigenvalue weighted by Crippen LogP contribution is -2.46. The molecule has 0 saturated carbocycles. The van der Waals surface area contributed by atoms with E-state index in [9.17, 15) is 14.4 Å². The van der Waals surface area contributed by atoms with Gasteiger partial charge in [-0.25, -0.2) is 4.79 Å². The lowest BCUT2D eigenvalue weighted by molar-refractivity contribution is -0.114. The standard InChI is InChI=1S/C16H21N3O4/c1-11(20)17-14-5-3-4-12(10-14)15(21)19-8-6-13(7-9-19)18-16(22)23-2/h3-5,10,13H,6-9H2,1-2H3,(H,17,20)(H,18,22). The summed E-state index contributed by atoms with van der Waals surface area (Å²) < 4.78 is 4.58. The van der Waals surface area contributed by atoms with Gasteiger partial charge in [0.1, 0.15) is 0 Å². The predicted octanol–water partition coefficient (Wildman–Crippen LogP) is 1.61. The van der Waals surface area contributed by atoms with Crippen molar-refractivity contribution in [2.24, 2.45) is 0 Å². The van der Waals surface area contributed by atoms with Crippen LogP contribution in [-0.2, 0) is 9.53 Å². The molecule has 1 aliphatic heterocycles. The van der Waals surface area contributed by atoms with Crippen LogP contribution in [0.3, 0.4) is 0 Å². The highest BCUT2D eigenvalue weighted by atomic mass is 16.5. The van der Waals surface area contributed by atoms with Crippen LogP contribution in [0, 0.1) is 0 Å². The van der Waals surface area contributed by atoms with E-state index in [0.29, 0.717) is 37.2 Å². The SMILES string of the molecule is COC(=O)NC1CCN(C(=O)c2cccc(NC(C)=O)c2)CC1. The van der Waals surface area contributed by atoms with E-state index >= 15 is 0 Å². The van der Waals surface area contributed by atoms with Crippen LogP contribution >= 0.6 is 0 Å². The molecule has 1 saturated heterocycles. The van der Waals surface area contributed by atoms with Gasteiger partial charge >= 0.3 is 6.09 Å². The molecule has 0 radical (unpaired) electrons. The average molecular weight is 319 g/mol. The van der Waals surface area contributed by atoms with Crippen molar-refractivity contribution in [1.29, 1.82) is 0 Å². The zero-order valence-corrected chi connectivity index (χ0v) is 13.3. The number of alkyl carbamates (subject to hydrolysis) is 1. The first-order chi connectivity index (χ1) is 11.0. The fourth-order valence-corrected chi connectivity index (χ4v) is 2.57. The fourth-order valence-electron chi connectivity index (χ4n) is 2.57. The smallest absolute Gasteiger partial charge is 0.407 e. The summed E-state index contributed by atoms with van der Waals surface area (Å²) in [6.45, 7) is 2.56. The highest BCUT2D eigenvalue weighted by molar-refractivity contribution is 5.96. The van der Waals surface area contributed by atoms with Crippen molar-refractivity contribution in [3.63, 3.8) is 0 Å². The highest BCUT2D eigenvalue weighted by Crippen LogP contribution is 2.17. The van der Waals surface area contributed by atoms with E-state index < -0.39 is 6.09 Å². The molecule has 0 aromatic heterocycles. The van der Waals surface area contributed by atoms with Crippen molar-refractivity contribution in [2.45, 2.75) is 25.8 Å². The second-order valence-corrected chi connectivity index (χ2v) is 5.46. The van der Waals surface area contributed by atoms with Crippen LogP contribution in [0.1, 0.15) is 30.1 Å². The van der Waals surface area contributed by atoms with Gasteiger partial charge < -0.3 is 20.3 Å². The molecule has 0 bridgehead atoms. The third-order valence-corrected chi connectivity index (χ3v) is 3.72. The number of rotatable bonds is 3. The minimum absolute atomic E-state index is 0.0252. The Kier molecular flexibility index (Phi) is 5.56. The molecule has 0 atom stereocenters. The number of carbonyl (C=O) groups excluding carboxylic acids is 3. The summed E-state index contributed by atoms with van der Waals surface area (Å²) in [7, 11) is 1.33. The van der Waals surface area contributed by atoms with Gasteiger partial charge in [-0.05, 0) is 31.0 Å². The Balaban J connectivity index is 1.94. The summed E-state index contributed by atoms with van der Waals surface area (Å²) in [5.41, 5.74) is 1.14. The molecular weight excluding hydrogens is 298 g/mol. The molecule has 1 fully saturated rings. The first-order valence-electron chi connectivity index (χ1n) is 7.51. The van der Waals surface area contributed by atoms with Crippen molar-refractivity contribution in [1.82, 2.24) is 10.2 Å². The summed E-state index contributed by atoms with van der Waals surface area (Å²) in [5, 5.41) is 5.42. The van der Waals surface area contributed by atoms with Crippen molar-refractivity contribution in [3.8, 4) is 0 Å². The maximum Gasteiger partial charge on any atom is 0.407 e. The minimum atomic E-state index is -0.446. The summed E-state index contributed by atoms with van der Waals surface area (Å²) in [4.78, 5) is 36.6. The van der Waals surface area contributed by atoms with Crippen LogP contribution < -0.4 is 10.6 Å². The van der Waals surface area contributed by atoms with Gasteiger partial charge in [-0.1, -0.05) is 6.07 Å². The number of amides is 3. The van der Waals surface area contributed by atoms with E-state index in [0.717, 1.165) is 0 Å². The van der Waals surface area contributed by atoms with Crippen LogP contribution in [0.25, 0.3) is 0 Å². The molecule has 1 aromatic rings. The number of hydrogen-bond donors (Lipinski definition) is 2. The van der Waals surface area contributed by atoms with Crippen LogP contribution in [0.15, 0.2) is 24.3 Å². The maximum atomic E-state index is 12.5. The van der Waals surface area contributed by atoms with E-state index in [-0.39, 0.29) is 17.9 Å². The predicted molar refractivity (Wildman–Crippen MR) is 85.2 cm³/mol. The highest BCUT2D eigenvalue weighted by Gasteiger charge is 2.24. The molecule has 2 rings (SSSR count). The lowest BCUT2D eigenvalue weighted by atomic mass is 10.0. The van der Waals surface area contributed by atoms with E-state index in [1.54, 1.807) is 29.2 Å². The Morgan fingerprint density at radius 1 is 1.22 bits per heavy atom. The molecule has 1 aromatic carbocycles. The van der Waals surface area contributed by atoms with Gasteiger partial charge in [0.2, 0.25) is 5.91 Å². The number of ether oxygens (including phenoxy) is 1. The molecule has 7 heteroatoms. The molecule has 3 amide bonds. The van der Waals surface area contributed by atoms with Crippen molar-refractivity contribution in [2.75, 3.05) is 25.5 Å². The number of carbonyl (C=O) groups is 3. The van der Waals surface area contributed by atoms with Gasteiger partial charge in [-0.2, -0.15) is 0 Å². The molecule has 0 aliphatic carbocycles. The first kappa shape index (κ1) is 16.8. The molecule has 2 N–H and O–H groups in total. The van der Waals surface area contributed by atoms with Crippen LogP contribution in [-0.4, -0.2) is 49.0 Å². The lowest BCUT2D eigenvalue weighted by Gasteiger charge is -2.32. The largest absolute Gasteiger partial charge is 0.453 e. The number of benzene rings is 1. The van der Waals surface area contributed by atoms with Gasteiger partial charge in [0.25, 0.3) is 5.91 Å². The third-order valence-electron chi connectivity index (χ3n) is 3.72. The quantitative estimate of drug-likeness (QED) is 0.886. The van der Waals surface area contributed by atoms with E-state index in [4.69, 9.17) is 0 Å². The van der Waals surface area contributed by atoms with Crippen LogP contribution in [0.4, 0.5) is 10.5 Å². The Labute approximate surface area is 135 Å². The van der Waals surface area contributed by atoms with Gasteiger partial charge in [-0.3, -0.25) is 9.59 Å². The second-order valence-electron chi connectivity index (χ2n) is 5.46. The molecular formula is C16H21N3O4. The first-order valence-corrected chi connectivity index (χ1v) is 7.51. The summed E-state index contributed by atoms with van der Waals surface area (Å²) >= 11 is 0. The summed E-state index contributed by atoms with van der Waals surface area (Å²) in [6, 6.07) is 6.90. The number of methoxy groups -OCH3 is 1. The van der Waals surface area contributed by atoms with Crippen LogP contribution in [0.5, 0.6) is 0 Å². The van der Waals surface area contributed by atoms with Gasteiger partial charge in [0.15, 0.2) is 0 Å². The number of nitrogens with one attached hydrogen (secondary N) is 2. The molecule has 23 heavy (non-hydrogen) atoms. The van der Waals surface area contributed by atoms with Crippen LogP contribution in [0.2, 0.25) is 0 Å². The molecule has 7 nitrogen and oxygen atoms in total. The van der Waals surface area contributed by atoms with E-state index in [1.807, 2.05) is 0 Å². The van der Waals surface area contributed by atoms with E-state index in [2.05, 4.69) is 15.4 Å². The fraction of sp³-hybridized carbons (Fsp3) is 0.438. The number of piperidine rings is 1. The van der Waals surface area contributed by atoms with E-state index in [1.165, 1.54) is 14.0 Å². The van der Waals surface area contributed by atoms with Crippen molar-refractivity contribution < 1.29 is 19.1 Å². The summed E-state index contributed by atoms with van der Waals surface area (Å²) in [5.74, 6) is -0.252.